The van der Waals surface area contributed by atoms with E-state index in [9.17, 15) is 4.39 Å². The number of rotatable bonds is 5. The normalized spacial score (nSPS) is 10.3. The number of ether oxygens (including phenoxy) is 1. The molecule has 0 aliphatic carbocycles. The highest BCUT2D eigenvalue weighted by molar-refractivity contribution is 6.30. The first-order valence-electron chi connectivity index (χ1n) is 5.89. The Kier molecular flexibility index (Phi) is 4.52. The molecule has 0 amide bonds. The van der Waals surface area contributed by atoms with Gasteiger partial charge in [0.25, 0.3) is 0 Å². The second-order valence-corrected chi connectivity index (χ2v) is 4.21. The van der Waals surface area contributed by atoms with Gasteiger partial charge in [0.15, 0.2) is 11.6 Å². The molecule has 0 saturated carbocycles. The van der Waals surface area contributed by atoms with Crippen molar-refractivity contribution in [3.8, 4) is 11.6 Å². The van der Waals surface area contributed by atoms with E-state index in [2.05, 4.69) is 15.3 Å². The first-order chi connectivity index (χ1) is 9.20. The molecular weight excluding hydrogens is 269 g/mol. The van der Waals surface area contributed by atoms with Crippen molar-refractivity contribution in [1.82, 2.24) is 9.97 Å². The quantitative estimate of drug-likeness (QED) is 0.903. The van der Waals surface area contributed by atoms with Crippen LogP contribution >= 0.6 is 11.6 Å². The minimum atomic E-state index is -0.606. The lowest BCUT2D eigenvalue weighted by atomic mass is 10.3. The molecule has 100 valence electrons. The Morgan fingerprint density at radius 2 is 2.21 bits per heavy atom. The Labute approximate surface area is 115 Å². The molecule has 1 N–H and O–H groups in total. The largest absolute Gasteiger partial charge is 0.436 e. The molecular formula is C13H13ClFN3O. The molecule has 0 atom stereocenters. The fourth-order valence-corrected chi connectivity index (χ4v) is 1.56. The highest BCUT2D eigenvalue weighted by Crippen LogP contribution is 2.27. The van der Waals surface area contributed by atoms with Crippen LogP contribution in [0.25, 0.3) is 0 Å². The molecule has 0 aliphatic rings. The Bertz CT molecular complexity index is 565. The van der Waals surface area contributed by atoms with Crippen LogP contribution < -0.4 is 10.1 Å². The summed E-state index contributed by atoms with van der Waals surface area (Å²) in [7, 11) is 0. The van der Waals surface area contributed by atoms with Crippen LogP contribution in [0, 0.1) is 5.82 Å². The van der Waals surface area contributed by atoms with Crippen molar-refractivity contribution >= 4 is 17.5 Å². The zero-order valence-corrected chi connectivity index (χ0v) is 11.1. The molecule has 0 unspecified atom stereocenters. The van der Waals surface area contributed by atoms with E-state index < -0.39 is 5.82 Å². The van der Waals surface area contributed by atoms with Gasteiger partial charge >= 0.3 is 0 Å². The molecule has 2 rings (SSSR count). The zero-order valence-electron chi connectivity index (χ0n) is 10.4. The lowest BCUT2D eigenvalue weighted by molar-refractivity contribution is 0.427. The summed E-state index contributed by atoms with van der Waals surface area (Å²) in [6, 6.07) is 6.11. The fourth-order valence-electron chi connectivity index (χ4n) is 1.40. The van der Waals surface area contributed by atoms with E-state index in [0.29, 0.717) is 5.95 Å². The van der Waals surface area contributed by atoms with Gasteiger partial charge in [0.1, 0.15) is 0 Å². The van der Waals surface area contributed by atoms with E-state index in [1.807, 2.05) is 6.92 Å². The van der Waals surface area contributed by atoms with Crippen molar-refractivity contribution in [2.75, 3.05) is 11.9 Å². The molecule has 0 fully saturated rings. The summed E-state index contributed by atoms with van der Waals surface area (Å²) in [6.45, 7) is 2.80. The van der Waals surface area contributed by atoms with Gasteiger partial charge in [-0.1, -0.05) is 24.6 Å². The van der Waals surface area contributed by atoms with Crippen LogP contribution in [-0.2, 0) is 0 Å². The lowest BCUT2D eigenvalue weighted by Gasteiger charge is -2.08. The van der Waals surface area contributed by atoms with E-state index in [1.54, 1.807) is 18.3 Å². The molecule has 0 saturated heterocycles. The van der Waals surface area contributed by atoms with Gasteiger partial charge in [-0.15, -0.1) is 0 Å². The molecule has 0 radical (unpaired) electrons. The Morgan fingerprint density at radius 3 is 3.00 bits per heavy atom. The summed E-state index contributed by atoms with van der Waals surface area (Å²) in [5.74, 6) is 0.134. The maximum absolute atomic E-state index is 13.7. The molecule has 1 heterocycles. The first kappa shape index (κ1) is 13.5. The first-order valence-corrected chi connectivity index (χ1v) is 6.27. The minimum Gasteiger partial charge on any atom is -0.436 e. The number of aromatic nitrogens is 2. The Balaban J connectivity index is 2.16. The number of nitrogens with zero attached hydrogens (tertiary/aromatic N) is 2. The highest BCUT2D eigenvalue weighted by Gasteiger charge is 2.09. The molecule has 19 heavy (non-hydrogen) atoms. The Morgan fingerprint density at radius 1 is 1.37 bits per heavy atom. The topological polar surface area (TPSA) is 47.0 Å². The molecule has 6 heteroatoms. The monoisotopic (exact) mass is 281 g/mol. The third-order valence-corrected chi connectivity index (χ3v) is 2.59. The lowest BCUT2D eigenvalue weighted by Crippen LogP contribution is -2.04. The summed E-state index contributed by atoms with van der Waals surface area (Å²) >= 11 is 5.68. The molecule has 1 aromatic heterocycles. The van der Waals surface area contributed by atoms with E-state index >= 15 is 0 Å². The van der Waals surface area contributed by atoms with Crippen molar-refractivity contribution < 1.29 is 9.13 Å². The van der Waals surface area contributed by atoms with Crippen molar-refractivity contribution in [2.24, 2.45) is 0 Å². The summed E-state index contributed by atoms with van der Waals surface area (Å²) in [6.07, 6.45) is 2.50. The predicted molar refractivity (Wildman–Crippen MR) is 72.3 cm³/mol. The van der Waals surface area contributed by atoms with Crippen LogP contribution in [0.5, 0.6) is 11.6 Å². The minimum absolute atomic E-state index is 0.0101. The van der Waals surface area contributed by atoms with Gasteiger partial charge < -0.3 is 10.1 Å². The molecule has 0 bridgehead atoms. The number of nitrogens with one attached hydrogen (secondary N) is 1. The van der Waals surface area contributed by atoms with Crippen molar-refractivity contribution in [3.05, 3.63) is 41.3 Å². The molecule has 1 aromatic carbocycles. The molecule has 4 nitrogen and oxygen atoms in total. The zero-order chi connectivity index (χ0) is 13.7. The van der Waals surface area contributed by atoms with E-state index in [1.165, 1.54) is 12.1 Å². The highest BCUT2D eigenvalue weighted by atomic mass is 35.5. The average molecular weight is 282 g/mol. The van der Waals surface area contributed by atoms with Crippen LogP contribution in [0.2, 0.25) is 5.02 Å². The molecule has 0 aliphatic heterocycles. The number of halogens is 2. The average Bonchev–Trinajstić information content (AvgIpc) is 2.42. The van der Waals surface area contributed by atoms with E-state index in [-0.39, 0.29) is 16.7 Å². The van der Waals surface area contributed by atoms with Gasteiger partial charge in [-0.25, -0.2) is 9.37 Å². The van der Waals surface area contributed by atoms with Gasteiger partial charge in [-0.2, -0.15) is 4.98 Å². The maximum atomic E-state index is 13.7. The van der Waals surface area contributed by atoms with E-state index in [0.717, 1.165) is 13.0 Å². The van der Waals surface area contributed by atoms with Crippen LogP contribution in [-0.4, -0.2) is 16.5 Å². The van der Waals surface area contributed by atoms with Crippen LogP contribution in [0.4, 0.5) is 10.3 Å². The van der Waals surface area contributed by atoms with Gasteiger partial charge in [0.2, 0.25) is 11.8 Å². The van der Waals surface area contributed by atoms with Gasteiger partial charge in [0.05, 0.1) is 5.02 Å². The van der Waals surface area contributed by atoms with Gasteiger partial charge in [-0.05, 0) is 18.6 Å². The van der Waals surface area contributed by atoms with Crippen LogP contribution in [0.1, 0.15) is 13.3 Å². The standard InChI is InChI=1S/C13H13ClFN3O/c1-2-7-16-13-17-8-6-11(18-13)19-10-5-3-4-9(14)12(10)15/h3-6,8H,2,7H2,1H3,(H,16,17,18). The number of hydrogen-bond donors (Lipinski definition) is 1. The second kappa shape index (κ2) is 6.33. The Hall–Kier alpha value is -1.88. The number of benzene rings is 1. The van der Waals surface area contributed by atoms with Crippen molar-refractivity contribution in [3.63, 3.8) is 0 Å². The smallest absolute Gasteiger partial charge is 0.225 e. The molecule has 2 aromatic rings. The van der Waals surface area contributed by atoms with Crippen molar-refractivity contribution in [2.45, 2.75) is 13.3 Å². The summed E-state index contributed by atoms with van der Waals surface area (Å²) in [5, 5.41) is 3.03. The predicted octanol–water partition coefficient (Wildman–Crippen LogP) is 3.88. The third kappa shape index (κ3) is 3.54. The van der Waals surface area contributed by atoms with Crippen molar-refractivity contribution in [1.29, 1.82) is 0 Å². The van der Waals surface area contributed by atoms with Gasteiger partial charge in [-0.3, -0.25) is 0 Å². The second-order valence-electron chi connectivity index (χ2n) is 3.80. The van der Waals surface area contributed by atoms with Crippen LogP contribution in [0.15, 0.2) is 30.5 Å². The SMILES string of the molecule is CCCNc1nccc(Oc2cccc(Cl)c2F)n1. The molecule has 0 spiro atoms. The van der Waals surface area contributed by atoms with Gasteiger partial charge in [0, 0.05) is 18.8 Å². The summed E-state index contributed by atoms with van der Waals surface area (Å²) < 4.78 is 19.0. The third-order valence-electron chi connectivity index (χ3n) is 2.29. The number of anilines is 1. The summed E-state index contributed by atoms with van der Waals surface area (Å²) in [4.78, 5) is 8.16. The van der Waals surface area contributed by atoms with E-state index in [4.69, 9.17) is 16.3 Å². The van der Waals surface area contributed by atoms with Crippen LogP contribution in [0.3, 0.4) is 0 Å². The number of hydrogen-bond acceptors (Lipinski definition) is 4. The summed E-state index contributed by atoms with van der Waals surface area (Å²) in [5.41, 5.74) is 0. The fraction of sp³-hybridized carbons (Fsp3) is 0.231. The maximum Gasteiger partial charge on any atom is 0.225 e.